The molecule has 0 aliphatic carbocycles. The number of para-hydroxylation sites is 1. The van der Waals surface area contributed by atoms with Crippen LogP contribution in [0, 0.1) is 0 Å². The Labute approximate surface area is 213 Å². The van der Waals surface area contributed by atoms with Gasteiger partial charge < -0.3 is 4.57 Å². The minimum absolute atomic E-state index is 0.112. The lowest BCUT2D eigenvalue weighted by Crippen LogP contribution is -2.26. The molecule has 0 saturated heterocycles. The molecule has 6 aromatic rings. The second kappa shape index (κ2) is 7.44. The number of benzene rings is 5. The standard InChI is InChI=1S/C33H24BrN/c1-33(2)27-15-9-10-16-30(27)35-31-25(17-23(19-28(31)33)21-11-5-3-6-12-21)26-18-24(20-29(34)32(26)35)22-13-7-4-8-14-22/h3-20H,1-2H3. The zero-order chi connectivity index (χ0) is 23.7. The van der Waals surface area contributed by atoms with Gasteiger partial charge in [0.2, 0.25) is 0 Å². The first-order valence-electron chi connectivity index (χ1n) is 12.1. The lowest BCUT2D eigenvalue weighted by molar-refractivity contribution is 0.630. The summed E-state index contributed by atoms with van der Waals surface area (Å²) in [6, 6.07) is 39.7. The summed E-state index contributed by atoms with van der Waals surface area (Å²) in [7, 11) is 0. The Bertz CT molecular complexity index is 1760. The molecule has 35 heavy (non-hydrogen) atoms. The summed E-state index contributed by atoms with van der Waals surface area (Å²) in [6.07, 6.45) is 0. The third-order valence-electron chi connectivity index (χ3n) is 7.62. The summed E-state index contributed by atoms with van der Waals surface area (Å²) in [5.74, 6) is 0. The highest BCUT2D eigenvalue weighted by atomic mass is 79.9. The Morgan fingerprint density at radius 1 is 0.543 bits per heavy atom. The molecule has 0 fully saturated rings. The van der Waals surface area contributed by atoms with Gasteiger partial charge in [-0.2, -0.15) is 0 Å². The molecule has 0 unspecified atom stereocenters. The summed E-state index contributed by atoms with van der Waals surface area (Å²) < 4.78 is 3.60. The van der Waals surface area contributed by atoms with E-state index in [4.69, 9.17) is 0 Å². The van der Waals surface area contributed by atoms with Crippen LogP contribution in [0.4, 0.5) is 0 Å². The molecule has 2 heterocycles. The lowest BCUT2D eigenvalue weighted by atomic mass is 9.74. The molecule has 1 aromatic heterocycles. The fourth-order valence-electron chi connectivity index (χ4n) is 5.88. The Morgan fingerprint density at radius 3 is 1.74 bits per heavy atom. The van der Waals surface area contributed by atoms with Crippen LogP contribution in [0.3, 0.4) is 0 Å². The first-order valence-corrected chi connectivity index (χ1v) is 12.9. The predicted octanol–water partition coefficient (Wildman–Crippen LogP) is 9.52. The van der Waals surface area contributed by atoms with Crippen molar-refractivity contribution in [3.05, 3.63) is 125 Å². The number of fused-ring (bicyclic) bond motifs is 5. The molecule has 1 nitrogen and oxygen atoms in total. The topological polar surface area (TPSA) is 4.93 Å². The quantitative estimate of drug-likeness (QED) is 0.217. The molecule has 1 aliphatic rings. The van der Waals surface area contributed by atoms with E-state index in [0.29, 0.717) is 0 Å². The van der Waals surface area contributed by atoms with E-state index in [9.17, 15) is 0 Å². The average Bonchev–Trinajstić information content (AvgIpc) is 3.23. The minimum Gasteiger partial charge on any atom is -0.307 e. The zero-order valence-corrected chi connectivity index (χ0v) is 21.3. The van der Waals surface area contributed by atoms with Crippen molar-refractivity contribution in [2.45, 2.75) is 19.3 Å². The maximum absolute atomic E-state index is 3.99. The monoisotopic (exact) mass is 513 g/mol. The van der Waals surface area contributed by atoms with Gasteiger partial charge in [0.25, 0.3) is 0 Å². The second-order valence-corrected chi connectivity index (χ2v) is 10.8. The molecule has 0 bridgehead atoms. The van der Waals surface area contributed by atoms with Crippen LogP contribution in [0.1, 0.15) is 25.0 Å². The molecular formula is C33H24BrN. The van der Waals surface area contributed by atoms with Gasteiger partial charge in [0, 0.05) is 20.7 Å². The fraction of sp³-hybridized carbons (Fsp3) is 0.0909. The Kier molecular flexibility index (Phi) is 4.40. The highest BCUT2D eigenvalue weighted by molar-refractivity contribution is 9.10. The van der Waals surface area contributed by atoms with E-state index in [1.54, 1.807) is 0 Å². The molecule has 0 amide bonds. The molecule has 168 valence electrons. The van der Waals surface area contributed by atoms with E-state index < -0.39 is 0 Å². The van der Waals surface area contributed by atoms with Crippen LogP contribution in [-0.4, -0.2) is 4.57 Å². The Balaban J connectivity index is 1.68. The first-order chi connectivity index (χ1) is 17.0. The maximum Gasteiger partial charge on any atom is 0.0683 e. The second-order valence-electron chi connectivity index (χ2n) is 9.98. The highest BCUT2D eigenvalue weighted by Crippen LogP contribution is 2.50. The zero-order valence-electron chi connectivity index (χ0n) is 19.7. The summed E-state index contributed by atoms with van der Waals surface area (Å²) >= 11 is 3.99. The van der Waals surface area contributed by atoms with E-state index in [2.05, 4.69) is 144 Å². The summed E-state index contributed by atoms with van der Waals surface area (Å²) in [6.45, 7) is 4.72. The van der Waals surface area contributed by atoms with E-state index in [1.165, 1.54) is 60.9 Å². The number of hydrogen-bond donors (Lipinski definition) is 0. The summed E-state index contributed by atoms with van der Waals surface area (Å²) in [4.78, 5) is 0. The van der Waals surface area contributed by atoms with Gasteiger partial charge in [-0.15, -0.1) is 0 Å². The molecule has 5 aromatic carbocycles. The predicted molar refractivity (Wildman–Crippen MR) is 151 cm³/mol. The van der Waals surface area contributed by atoms with Gasteiger partial charge in [-0.1, -0.05) is 92.7 Å². The molecule has 2 heteroatoms. The summed E-state index contributed by atoms with van der Waals surface area (Å²) in [5.41, 5.74) is 11.4. The van der Waals surface area contributed by atoms with Crippen molar-refractivity contribution >= 4 is 37.7 Å². The molecule has 0 atom stereocenters. The largest absolute Gasteiger partial charge is 0.307 e. The van der Waals surface area contributed by atoms with Crippen molar-refractivity contribution in [1.29, 1.82) is 0 Å². The van der Waals surface area contributed by atoms with E-state index in [0.717, 1.165) is 4.47 Å². The van der Waals surface area contributed by atoms with E-state index in [-0.39, 0.29) is 5.41 Å². The van der Waals surface area contributed by atoms with Gasteiger partial charge in [-0.25, -0.2) is 0 Å². The molecule has 7 rings (SSSR count). The van der Waals surface area contributed by atoms with Crippen molar-refractivity contribution in [3.63, 3.8) is 0 Å². The number of nitrogens with zero attached hydrogens (tertiary/aromatic N) is 1. The minimum atomic E-state index is -0.112. The van der Waals surface area contributed by atoms with Crippen LogP contribution in [0.15, 0.2) is 114 Å². The van der Waals surface area contributed by atoms with E-state index in [1.807, 2.05) is 0 Å². The number of rotatable bonds is 2. The average molecular weight is 514 g/mol. The Hall–Kier alpha value is -3.62. The van der Waals surface area contributed by atoms with Gasteiger partial charge >= 0.3 is 0 Å². The van der Waals surface area contributed by atoms with Crippen molar-refractivity contribution in [2.75, 3.05) is 0 Å². The Morgan fingerprint density at radius 2 is 1.09 bits per heavy atom. The number of aromatic nitrogens is 1. The van der Waals surface area contributed by atoms with Crippen LogP contribution >= 0.6 is 15.9 Å². The number of hydrogen-bond acceptors (Lipinski definition) is 0. The van der Waals surface area contributed by atoms with Crippen molar-refractivity contribution in [3.8, 4) is 27.9 Å². The highest BCUT2D eigenvalue weighted by Gasteiger charge is 2.36. The molecule has 0 saturated carbocycles. The van der Waals surface area contributed by atoms with Crippen LogP contribution in [-0.2, 0) is 5.41 Å². The molecular weight excluding hydrogens is 490 g/mol. The van der Waals surface area contributed by atoms with Crippen LogP contribution < -0.4 is 0 Å². The number of halogens is 1. The van der Waals surface area contributed by atoms with Gasteiger partial charge in [-0.05, 0) is 79.6 Å². The van der Waals surface area contributed by atoms with Gasteiger partial charge in [-0.3, -0.25) is 0 Å². The molecule has 0 spiro atoms. The SMILES string of the molecule is CC1(C)c2ccccc2-n2c3c(Br)cc(-c4ccccc4)cc3c3cc(-c4ccccc4)cc1c32. The van der Waals surface area contributed by atoms with Crippen molar-refractivity contribution in [1.82, 2.24) is 4.57 Å². The molecule has 0 radical (unpaired) electrons. The van der Waals surface area contributed by atoms with Gasteiger partial charge in [0.05, 0.1) is 16.7 Å². The third kappa shape index (κ3) is 2.93. The van der Waals surface area contributed by atoms with Crippen LogP contribution in [0.25, 0.3) is 49.7 Å². The lowest BCUT2D eigenvalue weighted by Gasteiger charge is -2.35. The van der Waals surface area contributed by atoms with Gasteiger partial charge in [0.1, 0.15) is 0 Å². The van der Waals surface area contributed by atoms with Crippen LogP contribution in [0.2, 0.25) is 0 Å². The normalized spacial score (nSPS) is 13.8. The third-order valence-corrected chi connectivity index (χ3v) is 8.22. The molecule has 0 N–H and O–H groups in total. The van der Waals surface area contributed by atoms with Crippen molar-refractivity contribution in [2.24, 2.45) is 0 Å². The fourth-order valence-corrected chi connectivity index (χ4v) is 6.52. The van der Waals surface area contributed by atoms with Gasteiger partial charge in [0.15, 0.2) is 0 Å². The smallest absolute Gasteiger partial charge is 0.0683 e. The van der Waals surface area contributed by atoms with Crippen molar-refractivity contribution < 1.29 is 0 Å². The maximum atomic E-state index is 3.99. The summed E-state index contributed by atoms with van der Waals surface area (Å²) in [5, 5.41) is 2.58. The first kappa shape index (κ1) is 20.7. The van der Waals surface area contributed by atoms with E-state index >= 15 is 0 Å². The van der Waals surface area contributed by atoms with Crippen LogP contribution in [0.5, 0.6) is 0 Å². The molecule has 1 aliphatic heterocycles.